The van der Waals surface area contributed by atoms with E-state index in [2.05, 4.69) is 19.9 Å². The standard InChI is InChI=1S/C18H20N4O4S2/c1-3-27(23,24)15-9-11-16(12-10-15)28(25,26)22-17(14-7-5-4-6-8-14)18-19-13(2)20-21-18/h4-12,17,22H,3H2,1-2H3,(H,19,20,21). The van der Waals surface area contributed by atoms with Crippen molar-refractivity contribution in [3.8, 4) is 0 Å². The third kappa shape index (κ3) is 4.29. The highest BCUT2D eigenvalue weighted by Crippen LogP contribution is 2.23. The van der Waals surface area contributed by atoms with Gasteiger partial charge in [-0.15, -0.1) is 0 Å². The fourth-order valence-corrected chi connectivity index (χ4v) is 4.69. The Morgan fingerprint density at radius 2 is 1.57 bits per heavy atom. The predicted octanol–water partition coefficient (Wildman–Crippen LogP) is 1.97. The van der Waals surface area contributed by atoms with Crippen molar-refractivity contribution in [2.24, 2.45) is 0 Å². The Labute approximate surface area is 164 Å². The maximum absolute atomic E-state index is 12.9. The normalized spacial score (nSPS) is 13.4. The van der Waals surface area contributed by atoms with Gasteiger partial charge in [-0.05, 0) is 36.8 Å². The van der Waals surface area contributed by atoms with Gasteiger partial charge in [-0.25, -0.2) is 21.8 Å². The first-order valence-electron chi connectivity index (χ1n) is 8.52. The molecule has 1 atom stereocenters. The van der Waals surface area contributed by atoms with E-state index in [9.17, 15) is 16.8 Å². The van der Waals surface area contributed by atoms with Crippen molar-refractivity contribution in [1.29, 1.82) is 0 Å². The minimum Gasteiger partial charge on any atom is -0.263 e. The summed E-state index contributed by atoms with van der Waals surface area (Å²) in [4.78, 5) is 4.29. The van der Waals surface area contributed by atoms with E-state index in [-0.39, 0.29) is 21.4 Å². The van der Waals surface area contributed by atoms with Gasteiger partial charge in [-0.2, -0.15) is 9.82 Å². The second-order valence-corrected chi connectivity index (χ2v) is 10.1. The quantitative estimate of drug-likeness (QED) is 0.603. The van der Waals surface area contributed by atoms with Crippen molar-refractivity contribution in [3.05, 3.63) is 71.8 Å². The summed E-state index contributed by atoms with van der Waals surface area (Å²) in [5.41, 5.74) is 0.676. The van der Waals surface area contributed by atoms with Crippen LogP contribution in [0.5, 0.6) is 0 Å². The fourth-order valence-electron chi connectivity index (χ4n) is 2.62. The zero-order chi connectivity index (χ0) is 20.4. The number of sulfonamides is 1. The number of rotatable bonds is 7. The highest BCUT2D eigenvalue weighted by Gasteiger charge is 2.26. The smallest absolute Gasteiger partial charge is 0.241 e. The molecule has 28 heavy (non-hydrogen) atoms. The first kappa shape index (κ1) is 20.2. The molecule has 1 heterocycles. The third-order valence-corrected chi connectivity index (χ3v) is 7.34. The number of hydrogen-bond acceptors (Lipinski definition) is 6. The largest absolute Gasteiger partial charge is 0.263 e. The molecule has 0 saturated heterocycles. The van der Waals surface area contributed by atoms with Crippen LogP contribution in [0.3, 0.4) is 0 Å². The van der Waals surface area contributed by atoms with Crippen LogP contribution in [-0.2, 0) is 19.9 Å². The Kier molecular flexibility index (Phi) is 5.64. The zero-order valence-electron chi connectivity index (χ0n) is 15.3. The average molecular weight is 421 g/mol. The SMILES string of the molecule is CCS(=O)(=O)c1ccc(S(=O)(=O)NC(c2ccccc2)c2n[nH]c(C)n2)cc1. The molecule has 0 aliphatic heterocycles. The molecule has 0 saturated carbocycles. The van der Waals surface area contributed by atoms with E-state index in [1.807, 2.05) is 6.07 Å². The van der Waals surface area contributed by atoms with Crippen molar-refractivity contribution in [2.75, 3.05) is 5.75 Å². The monoisotopic (exact) mass is 420 g/mol. The molecular formula is C18H20N4O4S2. The van der Waals surface area contributed by atoms with Gasteiger partial charge in [0.05, 0.1) is 15.5 Å². The summed E-state index contributed by atoms with van der Waals surface area (Å²) in [5, 5.41) is 6.80. The van der Waals surface area contributed by atoms with Crippen molar-refractivity contribution in [2.45, 2.75) is 29.7 Å². The van der Waals surface area contributed by atoms with Crippen LogP contribution < -0.4 is 4.72 Å². The minimum absolute atomic E-state index is 0.0456. The Bertz CT molecular complexity index is 1160. The fraction of sp³-hybridized carbons (Fsp3) is 0.222. The molecule has 2 N–H and O–H groups in total. The maximum atomic E-state index is 12.9. The molecule has 10 heteroatoms. The number of hydrogen-bond donors (Lipinski definition) is 2. The summed E-state index contributed by atoms with van der Waals surface area (Å²) in [5.74, 6) is 0.791. The van der Waals surface area contributed by atoms with E-state index in [0.717, 1.165) is 0 Å². The summed E-state index contributed by atoms with van der Waals surface area (Å²) >= 11 is 0. The summed E-state index contributed by atoms with van der Waals surface area (Å²) < 4.78 is 52.3. The third-order valence-electron chi connectivity index (χ3n) is 4.15. The number of aromatic nitrogens is 3. The Hall–Kier alpha value is -2.56. The Morgan fingerprint density at radius 3 is 2.11 bits per heavy atom. The van der Waals surface area contributed by atoms with Crippen molar-refractivity contribution >= 4 is 19.9 Å². The van der Waals surface area contributed by atoms with E-state index in [1.54, 1.807) is 31.2 Å². The van der Waals surface area contributed by atoms with E-state index in [0.29, 0.717) is 11.4 Å². The topological polar surface area (TPSA) is 122 Å². The summed E-state index contributed by atoms with van der Waals surface area (Å²) in [6, 6.07) is 13.3. The first-order chi connectivity index (χ1) is 13.2. The van der Waals surface area contributed by atoms with Gasteiger partial charge >= 0.3 is 0 Å². The molecule has 0 bridgehead atoms. The second kappa shape index (κ2) is 7.82. The van der Waals surface area contributed by atoms with E-state index < -0.39 is 25.9 Å². The number of nitrogens with zero attached hydrogens (tertiary/aromatic N) is 2. The van der Waals surface area contributed by atoms with Crippen molar-refractivity contribution in [3.63, 3.8) is 0 Å². The molecule has 0 radical (unpaired) electrons. The zero-order valence-corrected chi connectivity index (χ0v) is 17.0. The van der Waals surface area contributed by atoms with Crippen LogP contribution in [0.4, 0.5) is 0 Å². The van der Waals surface area contributed by atoms with Gasteiger partial charge < -0.3 is 0 Å². The number of aromatic amines is 1. The lowest BCUT2D eigenvalue weighted by molar-refractivity contribution is 0.567. The van der Waals surface area contributed by atoms with Gasteiger partial charge in [0, 0.05) is 0 Å². The second-order valence-electron chi connectivity index (χ2n) is 6.12. The lowest BCUT2D eigenvalue weighted by atomic mass is 10.1. The molecule has 3 aromatic rings. The maximum Gasteiger partial charge on any atom is 0.241 e. The highest BCUT2D eigenvalue weighted by molar-refractivity contribution is 7.91. The molecular weight excluding hydrogens is 400 g/mol. The molecule has 0 spiro atoms. The Balaban J connectivity index is 1.96. The van der Waals surface area contributed by atoms with Gasteiger partial charge in [0.25, 0.3) is 0 Å². The lowest BCUT2D eigenvalue weighted by Crippen LogP contribution is -2.30. The van der Waals surface area contributed by atoms with Gasteiger partial charge in [0.15, 0.2) is 15.7 Å². The van der Waals surface area contributed by atoms with E-state index >= 15 is 0 Å². The molecule has 0 amide bonds. The van der Waals surface area contributed by atoms with Gasteiger partial charge in [-0.1, -0.05) is 37.3 Å². The van der Waals surface area contributed by atoms with Crippen LogP contribution in [0.1, 0.15) is 30.2 Å². The van der Waals surface area contributed by atoms with Gasteiger partial charge in [0.2, 0.25) is 10.0 Å². The van der Waals surface area contributed by atoms with E-state index in [1.165, 1.54) is 31.2 Å². The minimum atomic E-state index is -3.95. The summed E-state index contributed by atoms with van der Waals surface area (Å²) in [7, 11) is -7.36. The Morgan fingerprint density at radius 1 is 0.964 bits per heavy atom. The number of sulfone groups is 1. The molecule has 1 unspecified atom stereocenters. The molecule has 0 aliphatic carbocycles. The number of aryl methyl sites for hydroxylation is 1. The van der Waals surface area contributed by atoms with Crippen LogP contribution >= 0.6 is 0 Å². The summed E-state index contributed by atoms with van der Waals surface area (Å²) in [6.45, 7) is 3.25. The van der Waals surface area contributed by atoms with Crippen LogP contribution in [0, 0.1) is 6.92 Å². The van der Waals surface area contributed by atoms with E-state index in [4.69, 9.17) is 0 Å². The van der Waals surface area contributed by atoms with Crippen LogP contribution in [0.2, 0.25) is 0 Å². The lowest BCUT2D eigenvalue weighted by Gasteiger charge is -2.16. The molecule has 0 aliphatic rings. The first-order valence-corrected chi connectivity index (χ1v) is 11.7. The van der Waals surface area contributed by atoms with Crippen LogP contribution in [0.15, 0.2) is 64.4 Å². The average Bonchev–Trinajstić information content (AvgIpc) is 3.13. The molecule has 1 aromatic heterocycles. The van der Waals surface area contributed by atoms with Gasteiger partial charge in [-0.3, -0.25) is 5.10 Å². The van der Waals surface area contributed by atoms with Crippen molar-refractivity contribution < 1.29 is 16.8 Å². The highest BCUT2D eigenvalue weighted by atomic mass is 32.2. The predicted molar refractivity (Wildman–Crippen MR) is 104 cm³/mol. The molecule has 8 nitrogen and oxygen atoms in total. The molecule has 3 rings (SSSR count). The van der Waals surface area contributed by atoms with Crippen LogP contribution in [-0.4, -0.2) is 37.8 Å². The molecule has 0 fully saturated rings. The molecule has 2 aromatic carbocycles. The molecule has 148 valence electrons. The van der Waals surface area contributed by atoms with Crippen LogP contribution in [0.25, 0.3) is 0 Å². The number of H-pyrrole nitrogens is 1. The number of benzene rings is 2. The van der Waals surface area contributed by atoms with Gasteiger partial charge in [0.1, 0.15) is 11.9 Å². The number of nitrogens with one attached hydrogen (secondary N) is 2. The summed E-state index contributed by atoms with van der Waals surface area (Å²) in [6.07, 6.45) is 0. The van der Waals surface area contributed by atoms with Crippen molar-refractivity contribution in [1.82, 2.24) is 19.9 Å².